The lowest BCUT2D eigenvalue weighted by Gasteiger charge is -2.30. The van der Waals surface area contributed by atoms with Crippen molar-refractivity contribution in [3.05, 3.63) is 65.7 Å². The average Bonchev–Trinajstić information content (AvgIpc) is 3.22. The normalized spacial score (nSPS) is 22.2. The maximum Gasteiger partial charge on any atom is 0.250 e. The zero-order chi connectivity index (χ0) is 23.5. The molecule has 0 spiro atoms. The third kappa shape index (κ3) is 4.74. The highest BCUT2D eigenvalue weighted by Gasteiger charge is 2.41. The minimum absolute atomic E-state index is 0.128. The number of fused-ring (bicyclic) bond motifs is 1. The predicted molar refractivity (Wildman–Crippen MR) is 123 cm³/mol. The molecule has 0 unspecified atom stereocenters. The third-order valence-corrected chi connectivity index (χ3v) is 6.29. The summed E-state index contributed by atoms with van der Waals surface area (Å²) in [5.74, 6) is -1.45. The number of rotatable bonds is 5. The highest BCUT2D eigenvalue weighted by molar-refractivity contribution is 6.05. The molecule has 2 heterocycles. The van der Waals surface area contributed by atoms with Crippen LogP contribution in [-0.2, 0) is 25.6 Å². The van der Waals surface area contributed by atoms with E-state index in [4.69, 9.17) is 0 Å². The van der Waals surface area contributed by atoms with Crippen LogP contribution < -0.4 is 15.5 Å². The Hall–Kier alpha value is -3.68. The summed E-state index contributed by atoms with van der Waals surface area (Å²) in [6, 6.07) is 15.6. The Morgan fingerprint density at radius 2 is 1.76 bits per heavy atom. The molecule has 0 saturated carbocycles. The Balaban J connectivity index is 1.74. The van der Waals surface area contributed by atoms with Crippen LogP contribution >= 0.6 is 0 Å². The highest BCUT2D eigenvalue weighted by atomic mass is 16.2. The van der Waals surface area contributed by atoms with Crippen LogP contribution in [0.15, 0.2) is 54.6 Å². The second kappa shape index (κ2) is 9.44. The summed E-state index contributed by atoms with van der Waals surface area (Å²) in [6.45, 7) is -0.128. The number of para-hydroxylation sites is 1. The van der Waals surface area contributed by atoms with Crippen molar-refractivity contribution in [2.45, 2.75) is 37.3 Å². The number of hydrogen-bond donors (Lipinski definition) is 2. The molecule has 2 N–H and O–H groups in total. The molecule has 0 aliphatic carbocycles. The minimum Gasteiger partial charge on any atom is -0.347 e. The lowest BCUT2D eigenvalue weighted by Crippen LogP contribution is -2.55. The molecule has 1 saturated heterocycles. The SMILES string of the molecule is CN(C)C(=O)CN1C(=O)[C@@H](NC(=O)[C@@H]2CCC(=O)N2)[C@@H](c2ccccc2)Cc2ccccc21. The third-order valence-electron chi connectivity index (χ3n) is 6.29. The fraction of sp³-hybridized carbons (Fsp3) is 0.360. The topological polar surface area (TPSA) is 98.8 Å². The molecule has 0 radical (unpaired) electrons. The fourth-order valence-corrected chi connectivity index (χ4v) is 4.44. The van der Waals surface area contributed by atoms with Gasteiger partial charge in [0.2, 0.25) is 17.7 Å². The summed E-state index contributed by atoms with van der Waals surface area (Å²) < 4.78 is 0. The van der Waals surface area contributed by atoms with E-state index in [0.717, 1.165) is 11.1 Å². The van der Waals surface area contributed by atoms with Crippen LogP contribution in [0.3, 0.4) is 0 Å². The molecule has 4 amide bonds. The zero-order valence-electron chi connectivity index (χ0n) is 18.8. The number of anilines is 1. The molecule has 4 rings (SSSR count). The van der Waals surface area contributed by atoms with E-state index < -0.39 is 12.1 Å². The van der Waals surface area contributed by atoms with Gasteiger partial charge in [0.15, 0.2) is 0 Å². The lowest BCUT2D eigenvalue weighted by atomic mass is 9.86. The highest BCUT2D eigenvalue weighted by Crippen LogP contribution is 2.35. The van der Waals surface area contributed by atoms with Crippen molar-refractivity contribution in [3.8, 4) is 0 Å². The first-order valence-corrected chi connectivity index (χ1v) is 11.1. The lowest BCUT2D eigenvalue weighted by molar-refractivity contribution is -0.131. The molecule has 2 aromatic carbocycles. The second-order valence-electron chi connectivity index (χ2n) is 8.71. The number of carbonyl (C=O) groups is 4. The summed E-state index contributed by atoms with van der Waals surface area (Å²) in [6.07, 6.45) is 1.19. The van der Waals surface area contributed by atoms with Gasteiger partial charge in [-0.1, -0.05) is 48.5 Å². The number of benzene rings is 2. The van der Waals surface area contributed by atoms with Gasteiger partial charge in [-0.05, 0) is 30.0 Å². The molecular formula is C25H28N4O4. The van der Waals surface area contributed by atoms with E-state index in [0.29, 0.717) is 18.5 Å². The Kier molecular flexibility index (Phi) is 6.44. The van der Waals surface area contributed by atoms with Gasteiger partial charge in [-0.2, -0.15) is 0 Å². The average molecular weight is 449 g/mol. The number of amides is 4. The van der Waals surface area contributed by atoms with Gasteiger partial charge in [-0.15, -0.1) is 0 Å². The molecule has 2 aliphatic heterocycles. The van der Waals surface area contributed by atoms with Gasteiger partial charge >= 0.3 is 0 Å². The van der Waals surface area contributed by atoms with Crippen molar-refractivity contribution in [2.24, 2.45) is 0 Å². The molecule has 2 aliphatic rings. The Labute approximate surface area is 192 Å². The second-order valence-corrected chi connectivity index (χ2v) is 8.71. The van der Waals surface area contributed by atoms with Crippen LogP contribution in [0.25, 0.3) is 0 Å². The van der Waals surface area contributed by atoms with E-state index >= 15 is 0 Å². The largest absolute Gasteiger partial charge is 0.347 e. The molecule has 8 heteroatoms. The Morgan fingerprint density at radius 3 is 2.42 bits per heavy atom. The van der Waals surface area contributed by atoms with Crippen LogP contribution in [-0.4, -0.2) is 61.3 Å². The van der Waals surface area contributed by atoms with Crippen molar-refractivity contribution >= 4 is 29.3 Å². The number of hydrogen-bond acceptors (Lipinski definition) is 4. The van der Waals surface area contributed by atoms with Crippen molar-refractivity contribution in [3.63, 3.8) is 0 Å². The molecule has 33 heavy (non-hydrogen) atoms. The summed E-state index contributed by atoms with van der Waals surface area (Å²) in [5, 5.41) is 5.58. The van der Waals surface area contributed by atoms with E-state index in [1.165, 1.54) is 9.80 Å². The quantitative estimate of drug-likeness (QED) is 0.718. The van der Waals surface area contributed by atoms with Gasteiger partial charge in [0, 0.05) is 32.1 Å². The molecular weight excluding hydrogens is 420 g/mol. The fourth-order valence-electron chi connectivity index (χ4n) is 4.44. The maximum absolute atomic E-state index is 13.9. The first-order valence-electron chi connectivity index (χ1n) is 11.1. The minimum atomic E-state index is -0.889. The predicted octanol–water partition coefficient (Wildman–Crippen LogP) is 1.21. The first kappa shape index (κ1) is 22.5. The van der Waals surface area contributed by atoms with Crippen molar-refractivity contribution in [1.82, 2.24) is 15.5 Å². The van der Waals surface area contributed by atoms with Crippen molar-refractivity contribution < 1.29 is 19.2 Å². The van der Waals surface area contributed by atoms with Crippen LogP contribution in [0.4, 0.5) is 5.69 Å². The molecule has 0 aromatic heterocycles. The number of nitrogens with zero attached hydrogens (tertiary/aromatic N) is 2. The number of nitrogens with one attached hydrogen (secondary N) is 2. The molecule has 1 fully saturated rings. The zero-order valence-corrected chi connectivity index (χ0v) is 18.8. The van der Waals surface area contributed by atoms with Crippen LogP contribution in [0, 0.1) is 0 Å². The molecule has 2 aromatic rings. The summed E-state index contributed by atoms with van der Waals surface area (Å²) in [7, 11) is 3.29. The Bertz CT molecular complexity index is 1070. The standard InChI is InChI=1S/C25H28N4O4/c1-28(2)22(31)15-29-20-11-7-6-10-17(20)14-18(16-8-4-3-5-9-16)23(25(29)33)27-24(32)19-12-13-21(30)26-19/h3-11,18-19,23H,12-15H2,1-2H3,(H,26,30)(H,27,32)/t18-,19+,23+/m1/s1. The van der Waals surface area contributed by atoms with E-state index in [9.17, 15) is 19.2 Å². The number of carbonyl (C=O) groups excluding carboxylic acids is 4. The summed E-state index contributed by atoms with van der Waals surface area (Å²) in [4.78, 5) is 54.1. The molecule has 0 bridgehead atoms. The van der Waals surface area contributed by atoms with Gasteiger partial charge in [-0.25, -0.2) is 0 Å². The van der Waals surface area contributed by atoms with Gasteiger partial charge in [0.25, 0.3) is 5.91 Å². The van der Waals surface area contributed by atoms with Crippen molar-refractivity contribution in [1.29, 1.82) is 0 Å². The van der Waals surface area contributed by atoms with E-state index in [-0.39, 0.29) is 42.5 Å². The molecule has 8 nitrogen and oxygen atoms in total. The van der Waals surface area contributed by atoms with Gasteiger partial charge < -0.3 is 20.4 Å². The van der Waals surface area contributed by atoms with Crippen LogP contribution in [0.1, 0.15) is 29.9 Å². The van der Waals surface area contributed by atoms with Gasteiger partial charge in [0.05, 0.1) is 0 Å². The summed E-state index contributed by atoms with van der Waals surface area (Å²) in [5.41, 5.74) is 2.52. The maximum atomic E-state index is 13.9. The van der Waals surface area contributed by atoms with Gasteiger partial charge in [0.1, 0.15) is 18.6 Å². The molecule has 172 valence electrons. The van der Waals surface area contributed by atoms with Crippen LogP contribution in [0.5, 0.6) is 0 Å². The smallest absolute Gasteiger partial charge is 0.250 e. The van der Waals surface area contributed by atoms with E-state index in [2.05, 4.69) is 10.6 Å². The number of likely N-dealkylation sites (N-methyl/N-ethyl adjacent to an activating group) is 1. The van der Waals surface area contributed by atoms with E-state index in [1.54, 1.807) is 14.1 Å². The summed E-state index contributed by atoms with van der Waals surface area (Å²) >= 11 is 0. The molecule has 3 atom stereocenters. The van der Waals surface area contributed by atoms with E-state index in [1.807, 2.05) is 54.6 Å². The first-order chi connectivity index (χ1) is 15.8. The van der Waals surface area contributed by atoms with Crippen molar-refractivity contribution in [2.75, 3.05) is 25.5 Å². The monoisotopic (exact) mass is 448 g/mol. The Morgan fingerprint density at radius 1 is 1.06 bits per heavy atom. The van der Waals surface area contributed by atoms with Gasteiger partial charge in [-0.3, -0.25) is 19.2 Å². The van der Waals surface area contributed by atoms with Crippen LogP contribution in [0.2, 0.25) is 0 Å².